The molecule has 0 bridgehead atoms. The highest BCUT2D eigenvalue weighted by molar-refractivity contribution is 9.10. The molecule has 18 heavy (non-hydrogen) atoms. The smallest absolute Gasteiger partial charge is 0.200 e. The Hall–Kier alpha value is -1.31. The molecule has 0 fully saturated rings. The van der Waals surface area contributed by atoms with Crippen molar-refractivity contribution >= 4 is 39.5 Å². The number of halogens is 1. The SMILES string of the molecule is S=c1[nH]nc(-c2cccs2)n1-c1cncc(Br)c1. The molecule has 0 aliphatic carbocycles. The summed E-state index contributed by atoms with van der Waals surface area (Å²) in [6, 6.07) is 5.95. The molecule has 3 aromatic heterocycles. The summed E-state index contributed by atoms with van der Waals surface area (Å²) in [4.78, 5) is 5.21. The third-order valence-corrected chi connectivity index (χ3v) is 3.94. The second-order valence-electron chi connectivity index (χ2n) is 3.53. The van der Waals surface area contributed by atoms with Gasteiger partial charge in [-0.25, -0.2) is 0 Å². The van der Waals surface area contributed by atoms with E-state index in [1.54, 1.807) is 23.7 Å². The number of aromatic amines is 1. The van der Waals surface area contributed by atoms with Gasteiger partial charge in [0.25, 0.3) is 0 Å². The first-order valence-electron chi connectivity index (χ1n) is 5.08. The topological polar surface area (TPSA) is 46.5 Å². The van der Waals surface area contributed by atoms with Gasteiger partial charge in [-0.05, 0) is 45.7 Å². The number of H-pyrrole nitrogens is 1. The average molecular weight is 339 g/mol. The number of nitrogens with one attached hydrogen (secondary N) is 1. The molecule has 3 aromatic rings. The summed E-state index contributed by atoms with van der Waals surface area (Å²) in [5.74, 6) is 0.801. The van der Waals surface area contributed by atoms with Crippen molar-refractivity contribution in [2.24, 2.45) is 0 Å². The molecular weight excluding hydrogens is 332 g/mol. The van der Waals surface area contributed by atoms with Gasteiger partial charge in [-0.2, -0.15) is 5.10 Å². The van der Waals surface area contributed by atoms with Crippen LogP contribution in [0.15, 0.2) is 40.4 Å². The molecule has 0 unspecified atom stereocenters. The van der Waals surface area contributed by atoms with E-state index in [1.165, 1.54) is 0 Å². The largest absolute Gasteiger partial charge is 0.266 e. The van der Waals surface area contributed by atoms with Gasteiger partial charge >= 0.3 is 0 Å². The highest BCUT2D eigenvalue weighted by Crippen LogP contribution is 2.26. The minimum atomic E-state index is 0.554. The van der Waals surface area contributed by atoms with Crippen molar-refractivity contribution in [3.63, 3.8) is 0 Å². The van der Waals surface area contributed by atoms with Gasteiger partial charge in [-0.15, -0.1) is 11.3 Å². The summed E-state index contributed by atoms with van der Waals surface area (Å²) >= 11 is 10.3. The lowest BCUT2D eigenvalue weighted by molar-refractivity contribution is 1.02. The van der Waals surface area contributed by atoms with Gasteiger partial charge in [-0.1, -0.05) is 6.07 Å². The van der Waals surface area contributed by atoms with Crippen LogP contribution in [0, 0.1) is 4.77 Å². The summed E-state index contributed by atoms with van der Waals surface area (Å²) in [5, 5.41) is 9.11. The van der Waals surface area contributed by atoms with Gasteiger partial charge in [0, 0.05) is 10.7 Å². The molecule has 0 spiro atoms. The number of hydrogen-bond donors (Lipinski definition) is 1. The second kappa shape index (κ2) is 4.75. The van der Waals surface area contributed by atoms with Crippen molar-refractivity contribution in [1.82, 2.24) is 19.7 Å². The van der Waals surface area contributed by atoms with Gasteiger partial charge in [0.05, 0.1) is 16.8 Å². The zero-order chi connectivity index (χ0) is 12.5. The number of nitrogens with zero attached hydrogens (tertiary/aromatic N) is 3. The van der Waals surface area contributed by atoms with E-state index < -0.39 is 0 Å². The van der Waals surface area contributed by atoms with Crippen LogP contribution >= 0.6 is 39.5 Å². The Bertz CT molecular complexity index is 730. The quantitative estimate of drug-likeness (QED) is 0.722. The Morgan fingerprint density at radius 2 is 2.28 bits per heavy atom. The standard InChI is InChI=1S/C11H7BrN4S2/c12-7-4-8(6-13-5-7)16-10(14-15-11(16)17)9-2-1-3-18-9/h1-6H,(H,15,17). The van der Waals surface area contributed by atoms with E-state index in [0.29, 0.717) is 4.77 Å². The molecule has 0 radical (unpaired) electrons. The monoisotopic (exact) mass is 338 g/mol. The van der Waals surface area contributed by atoms with Crippen LogP contribution in [-0.4, -0.2) is 19.7 Å². The van der Waals surface area contributed by atoms with Gasteiger partial charge in [-0.3, -0.25) is 14.6 Å². The van der Waals surface area contributed by atoms with Crippen LogP contribution in [0.25, 0.3) is 16.4 Å². The van der Waals surface area contributed by atoms with E-state index in [0.717, 1.165) is 20.9 Å². The molecule has 3 heterocycles. The van der Waals surface area contributed by atoms with E-state index in [1.807, 2.05) is 28.1 Å². The van der Waals surface area contributed by atoms with Gasteiger partial charge in [0.2, 0.25) is 0 Å². The first kappa shape index (κ1) is 11.8. The van der Waals surface area contributed by atoms with Gasteiger partial charge < -0.3 is 0 Å². The zero-order valence-electron chi connectivity index (χ0n) is 9.00. The molecule has 0 atom stereocenters. The first-order chi connectivity index (χ1) is 8.75. The number of aromatic nitrogens is 4. The van der Waals surface area contributed by atoms with Crippen LogP contribution in [0.4, 0.5) is 0 Å². The Labute approximate surface area is 120 Å². The first-order valence-corrected chi connectivity index (χ1v) is 7.16. The fourth-order valence-electron chi connectivity index (χ4n) is 1.63. The van der Waals surface area contributed by atoms with Crippen LogP contribution in [-0.2, 0) is 0 Å². The van der Waals surface area contributed by atoms with Crippen LogP contribution in [0.2, 0.25) is 0 Å². The summed E-state index contributed by atoms with van der Waals surface area (Å²) in [5.41, 5.74) is 0.881. The Morgan fingerprint density at radius 3 is 3.00 bits per heavy atom. The zero-order valence-corrected chi connectivity index (χ0v) is 12.2. The van der Waals surface area contributed by atoms with Crippen LogP contribution < -0.4 is 0 Å². The molecule has 1 N–H and O–H groups in total. The minimum Gasteiger partial charge on any atom is -0.266 e. The summed E-state index contributed by atoms with van der Waals surface area (Å²) < 4.78 is 3.33. The van der Waals surface area contributed by atoms with Gasteiger partial charge in [0.15, 0.2) is 10.6 Å². The normalized spacial score (nSPS) is 10.7. The second-order valence-corrected chi connectivity index (χ2v) is 5.78. The van der Waals surface area contributed by atoms with Crippen LogP contribution in [0.1, 0.15) is 0 Å². The summed E-state index contributed by atoms with van der Waals surface area (Å²) in [7, 11) is 0. The minimum absolute atomic E-state index is 0.554. The lowest BCUT2D eigenvalue weighted by Gasteiger charge is -2.05. The molecule has 0 amide bonds. The van der Waals surface area contributed by atoms with E-state index in [9.17, 15) is 0 Å². The maximum Gasteiger partial charge on any atom is 0.200 e. The molecule has 0 saturated heterocycles. The number of thiophene rings is 1. The average Bonchev–Trinajstić information content (AvgIpc) is 2.97. The molecule has 4 nitrogen and oxygen atoms in total. The molecule has 3 rings (SSSR count). The van der Waals surface area contributed by atoms with E-state index in [4.69, 9.17) is 12.2 Å². The molecular formula is C11H7BrN4S2. The lowest BCUT2D eigenvalue weighted by atomic mass is 10.4. The highest BCUT2D eigenvalue weighted by atomic mass is 79.9. The van der Waals surface area contributed by atoms with Crippen molar-refractivity contribution in [2.75, 3.05) is 0 Å². The molecule has 0 aliphatic heterocycles. The number of rotatable bonds is 2. The predicted molar refractivity (Wildman–Crippen MR) is 77.6 cm³/mol. The Morgan fingerprint density at radius 1 is 1.39 bits per heavy atom. The van der Waals surface area contributed by atoms with Gasteiger partial charge in [0.1, 0.15) is 0 Å². The highest BCUT2D eigenvalue weighted by Gasteiger charge is 2.11. The maximum absolute atomic E-state index is 5.28. The van der Waals surface area contributed by atoms with Crippen molar-refractivity contribution in [1.29, 1.82) is 0 Å². The Kier molecular flexibility index (Phi) is 3.11. The van der Waals surface area contributed by atoms with Crippen molar-refractivity contribution < 1.29 is 0 Å². The van der Waals surface area contributed by atoms with Crippen molar-refractivity contribution in [3.8, 4) is 16.4 Å². The molecule has 0 aliphatic rings. The fraction of sp³-hybridized carbons (Fsp3) is 0. The van der Waals surface area contributed by atoms with Crippen LogP contribution in [0.5, 0.6) is 0 Å². The number of hydrogen-bond acceptors (Lipinski definition) is 4. The van der Waals surface area contributed by atoms with Crippen LogP contribution in [0.3, 0.4) is 0 Å². The van der Waals surface area contributed by atoms with E-state index in [-0.39, 0.29) is 0 Å². The van der Waals surface area contributed by atoms with Crippen molar-refractivity contribution in [2.45, 2.75) is 0 Å². The third kappa shape index (κ3) is 2.05. The maximum atomic E-state index is 5.28. The summed E-state index contributed by atoms with van der Waals surface area (Å²) in [6.07, 6.45) is 3.49. The van der Waals surface area contributed by atoms with E-state index in [2.05, 4.69) is 31.1 Å². The third-order valence-electron chi connectivity index (χ3n) is 2.36. The predicted octanol–water partition coefficient (Wildman–Crippen LogP) is 3.82. The molecule has 90 valence electrons. The molecule has 0 aromatic carbocycles. The lowest BCUT2D eigenvalue weighted by Crippen LogP contribution is -1.97. The Balaban J connectivity index is 2.24. The number of pyridine rings is 1. The van der Waals surface area contributed by atoms with Crippen molar-refractivity contribution in [3.05, 3.63) is 45.2 Å². The molecule has 0 saturated carbocycles. The van der Waals surface area contributed by atoms with E-state index >= 15 is 0 Å². The molecule has 7 heteroatoms. The fourth-order valence-corrected chi connectivity index (χ4v) is 2.92. The summed E-state index contributed by atoms with van der Waals surface area (Å²) in [6.45, 7) is 0.